The molecule has 1 atom stereocenters. The second kappa shape index (κ2) is 7.87. The van der Waals surface area contributed by atoms with Crippen molar-refractivity contribution in [3.63, 3.8) is 0 Å². The average molecular weight is 239 g/mol. The Kier molecular flexibility index (Phi) is 6.37. The summed E-state index contributed by atoms with van der Waals surface area (Å²) in [4.78, 5) is 22.5. The Balaban J connectivity index is 2.00. The molecule has 1 aliphatic rings. The topological polar surface area (TPSA) is 55.4 Å². The SMILES string of the molecule is CCOC(=O)CCCNC(=O)CC1C=CCC1. The quantitative estimate of drug-likeness (QED) is 0.419. The summed E-state index contributed by atoms with van der Waals surface area (Å²) in [6.45, 7) is 2.75. The van der Waals surface area contributed by atoms with Gasteiger partial charge in [-0.3, -0.25) is 9.59 Å². The zero-order chi connectivity index (χ0) is 12.5. The smallest absolute Gasteiger partial charge is 0.305 e. The minimum Gasteiger partial charge on any atom is -0.466 e. The first kappa shape index (κ1) is 13.7. The molecule has 17 heavy (non-hydrogen) atoms. The van der Waals surface area contributed by atoms with Crippen molar-refractivity contribution in [2.24, 2.45) is 5.92 Å². The van der Waals surface area contributed by atoms with Crippen LogP contribution in [0.4, 0.5) is 0 Å². The summed E-state index contributed by atoms with van der Waals surface area (Å²) in [6.07, 6.45) is 7.98. The zero-order valence-electron chi connectivity index (χ0n) is 10.4. The van der Waals surface area contributed by atoms with E-state index in [-0.39, 0.29) is 11.9 Å². The second-order valence-corrected chi connectivity index (χ2v) is 4.23. The molecule has 4 heteroatoms. The molecule has 1 unspecified atom stereocenters. The summed E-state index contributed by atoms with van der Waals surface area (Å²) in [7, 11) is 0. The summed E-state index contributed by atoms with van der Waals surface area (Å²) >= 11 is 0. The Labute approximate surface area is 102 Å². The van der Waals surface area contributed by atoms with Crippen LogP contribution >= 0.6 is 0 Å². The van der Waals surface area contributed by atoms with Gasteiger partial charge in [-0.25, -0.2) is 0 Å². The normalized spacial score (nSPS) is 18.1. The molecule has 96 valence electrons. The first-order valence-electron chi connectivity index (χ1n) is 6.31. The maximum Gasteiger partial charge on any atom is 0.305 e. The number of hydrogen-bond acceptors (Lipinski definition) is 3. The Morgan fingerprint density at radius 2 is 2.29 bits per heavy atom. The number of ether oxygens (including phenoxy) is 1. The van der Waals surface area contributed by atoms with Gasteiger partial charge >= 0.3 is 5.97 Å². The van der Waals surface area contributed by atoms with E-state index in [2.05, 4.69) is 17.5 Å². The fourth-order valence-corrected chi connectivity index (χ4v) is 1.87. The van der Waals surface area contributed by atoms with Crippen LogP contribution < -0.4 is 5.32 Å². The van der Waals surface area contributed by atoms with Crippen LogP contribution in [-0.4, -0.2) is 25.0 Å². The van der Waals surface area contributed by atoms with Gasteiger partial charge < -0.3 is 10.1 Å². The summed E-state index contributed by atoms with van der Waals surface area (Å²) in [5.74, 6) is 0.283. The lowest BCUT2D eigenvalue weighted by Gasteiger charge is -2.08. The Morgan fingerprint density at radius 1 is 1.47 bits per heavy atom. The molecule has 1 rings (SSSR count). The average Bonchev–Trinajstić information content (AvgIpc) is 2.77. The van der Waals surface area contributed by atoms with Crippen LogP contribution in [0.2, 0.25) is 0 Å². The highest BCUT2D eigenvalue weighted by Crippen LogP contribution is 2.19. The molecule has 0 saturated heterocycles. The molecule has 1 aliphatic carbocycles. The molecular formula is C13H21NO3. The third-order valence-electron chi connectivity index (χ3n) is 2.75. The number of allylic oxidation sites excluding steroid dienone is 2. The van der Waals surface area contributed by atoms with Gasteiger partial charge in [0, 0.05) is 19.4 Å². The highest BCUT2D eigenvalue weighted by atomic mass is 16.5. The maximum atomic E-state index is 11.5. The van der Waals surface area contributed by atoms with E-state index in [0.717, 1.165) is 12.8 Å². The van der Waals surface area contributed by atoms with Crippen molar-refractivity contribution >= 4 is 11.9 Å². The van der Waals surface area contributed by atoms with E-state index >= 15 is 0 Å². The van der Waals surface area contributed by atoms with Crippen LogP contribution in [0.5, 0.6) is 0 Å². The predicted octanol–water partition coefficient (Wildman–Crippen LogP) is 1.80. The molecule has 0 aromatic rings. The van der Waals surface area contributed by atoms with Crippen molar-refractivity contribution in [2.75, 3.05) is 13.2 Å². The lowest BCUT2D eigenvalue weighted by molar-refractivity contribution is -0.143. The summed E-state index contributed by atoms with van der Waals surface area (Å²) in [6, 6.07) is 0. The number of rotatable bonds is 7. The minimum atomic E-state index is -0.194. The van der Waals surface area contributed by atoms with Crippen molar-refractivity contribution in [3.05, 3.63) is 12.2 Å². The van der Waals surface area contributed by atoms with Gasteiger partial charge in [-0.05, 0) is 32.1 Å². The van der Waals surface area contributed by atoms with Gasteiger partial charge in [-0.2, -0.15) is 0 Å². The number of carbonyl (C=O) groups excluding carboxylic acids is 2. The van der Waals surface area contributed by atoms with Gasteiger partial charge in [0.1, 0.15) is 0 Å². The van der Waals surface area contributed by atoms with Crippen molar-refractivity contribution in [1.29, 1.82) is 0 Å². The predicted molar refractivity (Wildman–Crippen MR) is 65.4 cm³/mol. The lowest BCUT2D eigenvalue weighted by Crippen LogP contribution is -2.26. The fourth-order valence-electron chi connectivity index (χ4n) is 1.87. The highest BCUT2D eigenvalue weighted by molar-refractivity contribution is 5.76. The maximum absolute atomic E-state index is 11.5. The molecule has 0 aromatic heterocycles. The van der Waals surface area contributed by atoms with E-state index in [1.54, 1.807) is 6.92 Å². The number of esters is 1. The molecule has 0 fully saturated rings. The highest BCUT2D eigenvalue weighted by Gasteiger charge is 2.13. The van der Waals surface area contributed by atoms with Crippen LogP contribution in [0.25, 0.3) is 0 Å². The number of carbonyl (C=O) groups is 2. The first-order chi connectivity index (χ1) is 8.22. The number of nitrogens with one attached hydrogen (secondary N) is 1. The number of hydrogen-bond donors (Lipinski definition) is 1. The molecule has 0 radical (unpaired) electrons. The number of amides is 1. The molecule has 0 bridgehead atoms. The summed E-state index contributed by atoms with van der Waals surface area (Å²) < 4.78 is 4.80. The van der Waals surface area contributed by atoms with E-state index in [0.29, 0.717) is 38.3 Å². The van der Waals surface area contributed by atoms with Gasteiger partial charge in [0.05, 0.1) is 6.61 Å². The van der Waals surface area contributed by atoms with Gasteiger partial charge in [0.15, 0.2) is 0 Å². The van der Waals surface area contributed by atoms with Gasteiger partial charge in [-0.1, -0.05) is 12.2 Å². The molecule has 0 aliphatic heterocycles. The summed E-state index contributed by atoms with van der Waals surface area (Å²) in [5.41, 5.74) is 0. The third-order valence-corrected chi connectivity index (χ3v) is 2.75. The van der Waals surface area contributed by atoms with E-state index in [4.69, 9.17) is 4.74 Å². The van der Waals surface area contributed by atoms with Gasteiger partial charge in [0.25, 0.3) is 0 Å². The Bertz CT molecular complexity index is 286. The summed E-state index contributed by atoms with van der Waals surface area (Å²) in [5, 5.41) is 2.83. The van der Waals surface area contributed by atoms with Crippen LogP contribution in [0.15, 0.2) is 12.2 Å². The zero-order valence-corrected chi connectivity index (χ0v) is 10.4. The molecule has 0 heterocycles. The standard InChI is InChI=1S/C13H21NO3/c1-2-17-13(16)8-5-9-14-12(15)10-11-6-3-4-7-11/h3,6,11H,2,4-5,7-10H2,1H3,(H,14,15). The molecule has 1 N–H and O–H groups in total. The fraction of sp³-hybridized carbons (Fsp3) is 0.692. The largest absolute Gasteiger partial charge is 0.466 e. The molecule has 0 saturated carbocycles. The molecular weight excluding hydrogens is 218 g/mol. The van der Waals surface area contributed by atoms with Crippen molar-refractivity contribution < 1.29 is 14.3 Å². The van der Waals surface area contributed by atoms with Crippen LogP contribution in [-0.2, 0) is 14.3 Å². The third kappa shape index (κ3) is 6.09. The van der Waals surface area contributed by atoms with Crippen LogP contribution in [0.1, 0.15) is 39.0 Å². The van der Waals surface area contributed by atoms with E-state index in [1.165, 1.54) is 0 Å². The van der Waals surface area contributed by atoms with E-state index in [9.17, 15) is 9.59 Å². The second-order valence-electron chi connectivity index (χ2n) is 4.23. The molecule has 1 amide bonds. The van der Waals surface area contributed by atoms with Crippen molar-refractivity contribution in [1.82, 2.24) is 5.32 Å². The Hall–Kier alpha value is -1.32. The van der Waals surface area contributed by atoms with Crippen LogP contribution in [0, 0.1) is 5.92 Å². The minimum absolute atomic E-state index is 0.0745. The van der Waals surface area contributed by atoms with Gasteiger partial charge in [-0.15, -0.1) is 0 Å². The van der Waals surface area contributed by atoms with Crippen molar-refractivity contribution in [2.45, 2.75) is 39.0 Å². The molecule has 0 spiro atoms. The molecule has 0 aromatic carbocycles. The van der Waals surface area contributed by atoms with E-state index in [1.807, 2.05) is 0 Å². The van der Waals surface area contributed by atoms with Crippen molar-refractivity contribution in [3.8, 4) is 0 Å². The van der Waals surface area contributed by atoms with Gasteiger partial charge in [0.2, 0.25) is 5.91 Å². The lowest BCUT2D eigenvalue weighted by atomic mass is 10.1. The molecule has 4 nitrogen and oxygen atoms in total. The first-order valence-corrected chi connectivity index (χ1v) is 6.31. The Morgan fingerprint density at radius 3 is 2.94 bits per heavy atom. The monoisotopic (exact) mass is 239 g/mol. The van der Waals surface area contributed by atoms with Crippen LogP contribution in [0.3, 0.4) is 0 Å². The van der Waals surface area contributed by atoms with E-state index < -0.39 is 0 Å².